The van der Waals surface area contributed by atoms with Crippen molar-refractivity contribution in [3.05, 3.63) is 48.0 Å². The molecular formula is C20H24BN2O6. The normalized spacial score (nSPS) is 11.4. The molecule has 0 bridgehead atoms. The van der Waals surface area contributed by atoms with Gasteiger partial charge in [-0.1, -0.05) is 0 Å². The average molecular weight is 399 g/mol. The number of carbonyl (C=O) groups excluding carboxylic acids is 2. The molecule has 0 saturated carbocycles. The largest absolute Gasteiger partial charge is 0.658 e. The molecule has 0 fully saturated rings. The number of aromatic nitrogens is 2. The molecule has 2 heterocycles. The Bertz CT molecular complexity index is 813. The highest BCUT2D eigenvalue weighted by molar-refractivity contribution is 6.20. The lowest BCUT2D eigenvalue weighted by Crippen LogP contribution is -2.30. The zero-order chi connectivity index (χ0) is 21.7. The third kappa shape index (κ3) is 5.04. The first-order chi connectivity index (χ1) is 13.6. The zero-order valence-electron chi connectivity index (χ0n) is 17.4. The summed E-state index contributed by atoms with van der Waals surface area (Å²) in [5, 5.41) is 0. The number of hydrogen-bond acceptors (Lipinski definition) is 8. The molecule has 2 rings (SSSR count). The first-order valence-electron chi connectivity index (χ1n) is 8.85. The van der Waals surface area contributed by atoms with E-state index in [4.69, 9.17) is 18.8 Å². The van der Waals surface area contributed by atoms with Crippen molar-refractivity contribution in [3.8, 4) is 11.5 Å². The van der Waals surface area contributed by atoms with E-state index in [0.29, 0.717) is 22.6 Å². The summed E-state index contributed by atoms with van der Waals surface area (Å²) >= 11 is 0. The van der Waals surface area contributed by atoms with Gasteiger partial charge in [0, 0.05) is 12.4 Å². The summed E-state index contributed by atoms with van der Waals surface area (Å²) in [5.74, 6) is 0.0116. The topological polar surface area (TPSA) is 96.8 Å². The van der Waals surface area contributed by atoms with E-state index in [9.17, 15) is 9.59 Å². The smallest absolute Gasteiger partial charge is 0.525 e. The van der Waals surface area contributed by atoms with E-state index in [-0.39, 0.29) is 11.9 Å². The second-order valence-corrected chi connectivity index (χ2v) is 7.38. The Morgan fingerprint density at radius 1 is 0.759 bits per heavy atom. The van der Waals surface area contributed by atoms with Crippen LogP contribution < -0.4 is 9.31 Å². The monoisotopic (exact) mass is 399 g/mol. The molecule has 153 valence electrons. The molecular weight excluding hydrogens is 375 g/mol. The van der Waals surface area contributed by atoms with Gasteiger partial charge in [0.05, 0.1) is 37.4 Å². The molecule has 0 aliphatic carbocycles. The Labute approximate surface area is 170 Å². The average Bonchev–Trinajstić information content (AvgIpc) is 2.72. The van der Waals surface area contributed by atoms with Crippen molar-refractivity contribution in [1.29, 1.82) is 0 Å². The van der Waals surface area contributed by atoms with Gasteiger partial charge in [-0.2, -0.15) is 0 Å². The summed E-state index contributed by atoms with van der Waals surface area (Å²) in [6, 6.07) is 3.36. The third-order valence-electron chi connectivity index (χ3n) is 4.63. The summed E-state index contributed by atoms with van der Waals surface area (Å²) < 4.78 is 20.6. The van der Waals surface area contributed by atoms with Crippen molar-refractivity contribution in [3.63, 3.8) is 0 Å². The van der Waals surface area contributed by atoms with Crippen LogP contribution in [0.1, 0.15) is 38.8 Å². The number of carbonyl (C=O) groups is 2. The van der Waals surface area contributed by atoms with Crippen LogP contribution in [0.3, 0.4) is 0 Å². The number of methoxy groups -OCH3 is 2. The van der Waals surface area contributed by atoms with E-state index in [2.05, 4.69) is 9.97 Å². The SMILES string of the molecule is COC(=O)C(C)(C)c1cncc(O[B]Oc2cncc(C(C)(C)C(=O)OC)c2)c1. The van der Waals surface area contributed by atoms with Gasteiger partial charge < -0.3 is 18.8 Å². The van der Waals surface area contributed by atoms with Gasteiger partial charge in [0.2, 0.25) is 0 Å². The molecule has 0 aliphatic heterocycles. The van der Waals surface area contributed by atoms with Crippen LogP contribution in [0.5, 0.6) is 11.5 Å². The highest BCUT2D eigenvalue weighted by Gasteiger charge is 2.32. The molecule has 0 N–H and O–H groups in total. The van der Waals surface area contributed by atoms with E-state index < -0.39 is 10.8 Å². The highest BCUT2D eigenvalue weighted by atomic mass is 16.6. The molecule has 0 aromatic carbocycles. The first-order valence-corrected chi connectivity index (χ1v) is 8.85. The van der Waals surface area contributed by atoms with E-state index in [1.165, 1.54) is 26.6 Å². The first kappa shape index (κ1) is 22.2. The van der Waals surface area contributed by atoms with Crippen LogP contribution >= 0.6 is 0 Å². The summed E-state index contributed by atoms with van der Waals surface area (Å²) in [5.41, 5.74) is -0.475. The number of pyridine rings is 2. The lowest BCUT2D eigenvalue weighted by molar-refractivity contribution is -0.147. The molecule has 2 aromatic rings. The van der Waals surface area contributed by atoms with Gasteiger partial charge in [-0.15, -0.1) is 0 Å². The highest BCUT2D eigenvalue weighted by Crippen LogP contribution is 2.28. The van der Waals surface area contributed by atoms with Gasteiger partial charge >= 0.3 is 19.6 Å². The summed E-state index contributed by atoms with van der Waals surface area (Å²) in [6.07, 6.45) is 6.14. The lowest BCUT2D eigenvalue weighted by atomic mass is 9.86. The molecule has 29 heavy (non-hydrogen) atoms. The van der Waals surface area contributed by atoms with Crippen LogP contribution in [0.2, 0.25) is 0 Å². The second-order valence-electron chi connectivity index (χ2n) is 7.38. The Kier molecular flexibility index (Phi) is 6.84. The van der Waals surface area contributed by atoms with Crippen molar-refractivity contribution in [2.75, 3.05) is 14.2 Å². The minimum atomic E-state index is -0.875. The van der Waals surface area contributed by atoms with Gasteiger partial charge in [-0.25, -0.2) is 0 Å². The second kappa shape index (κ2) is 8.94. The number of ether oxygens (including phenoxy) is 2. The summed E-state index contributed by atoms with van der Waals surface area (Å²) in [6.45, 7) is 6.94. The van der Waals surface area contributed by atoms with Crippen molar-refractivity contribution in [2.24, 2.45) is 0 Å². The van der Waals surface area contributed by atoms with Crippen molar-refractivity contribution in [1.82, 2.24) is 9.97 Å². The number of rotatable bonds is 8. The van der Waals surface area contributed by atoms with E-state index in [0.717, 1.165) is 7.69 Å². The molecule has 0 spiro atoms. The van der Waals surface area contributed by atoms with Crippen LogP contribution in [0.15, 0.2) is 36.9 Å². The van der Waals surface area contributed by atoms with E-state index >= 15 is 0 Å². The molecule has 1 radical (unpaired) electrons. The number of nitrogens with zero attached hydrogens (tertiary/aromatic N) is 2. The van der Waals surface area contributed by atoms with Gasteiger partial charge in [0.25, 0.3) is 0 Å². The fourth-order valence-electron chi connectivity index (χ4n) is 2.53. The Morgan fingerprint density at radius 2 is 1.14 bits per heavy atom. The zero-order valence-corrected chi connectivity index (χ0v) is 17.4. The van der Waals surface area contributed by atoms with Crippen LogP contribution in [0.25, 0.3) is 0 Å². The van der Waals surface area contributed by atoms with E-state index in [1.54, 1.807) is 52.2 Å². The maximum absolute atomic E-state index is 12.0. The Balaban J connectivity index is 2.06. The lowest BCUT2D eigenvalue weighted by Gasteiger charge is -2.22. The minimum absolute atomic E-state index is 0.382. The standard InChI is InChI=1S/C20H24BN2O6/c1-19(2,17(24)26-5)13-7-15(11-22-9-13)28-21-29-16-8-14(10-23-12-16)20(3,4)18(25)27-6/h7-12H,1-6H3. The van der Waals surface area contributed by atoms with Gasteiger partial charge in [0.15, 0.2) is 0 Å². The number of esters is 2. The Morgan fingerprint density at radius 3 is 1.48 bits per heavy atom. The van der Waals surface area contributed by atoms with Gasteiger partial charge in [-0.3, -0.25) is 19.6 Å². The van der Waals surface area contributed by atoms with Crippen molar-refractivity contribution >= 4 is 19.6 Å². The van der Waals surface area contributed by atoms with Crippen molar-refractivity contribution < 1.29 is 28.4 Å². The predicted molar refractivity (Wildman–Crippen MR) is 106 cm³/mol. The number of hydrogen-bond donors (Lipinski definition) is 0. The van der Waals surface area contributed by atoms with Crippen LogP contribution in [-0.2, 0) is 29.9 Å². The van der Waals surface area contributed by atoms with Gasteiger partial charge in [-0.05, 0) is 51.0 Å². The molecule has 0 aliphatic rings. The quantitative estimate of drug-likeness (QED) is 0.493. The molecule has 2 aromatic heterocycles. The summed E-state index contributed by atoms with van der Waals surface area (Å²) in [7, 11) is 3.80. The third-order valence-corrected chi connectivity index (χ3v) is 4.63. The minimum Gasteiger partial charge on any atom is -0.525 e. The maximum Gasteiger partial charge on any atom is 0.658 e. The Hall–Kier alpha value is -3.10. The van der Waals surface area contributed by atoms with Crippen LogP contribution in [0, 0.1) is 0 Å². The molecule has 9 heteroatoms. The predicted octanol–water partition coefficient (Wildman–Crippen LogP) is 2.37. The molecule has 0 atom stereocenters. The fraction of sp³-hybridized carbons (Fsp3) is 0.400. The van der Waals surface area contributed by atoms with Crippen LogP contribution in [-0.4, -0.2) is 43.8 Å². The van der Waals surface area contributed by atoms with Gasteiger partial charge in [0.1, 0.15) is 11.5 Å². The molecule has 0 unspecified atom stereocenters. The van der Waals surface area contributed by atoms with Crippen LogP contribution in [0.4, 0.5) is 0 Å². The fourth-order valence-corrected chi connectivity index (χ4v) is 2.53. The van der Waals surface area contributed by atoms with E-state index in [1.807, 2.05) is 0 Å². The van der Waals surface area contributed by atoms with Crippen molar-refractivity contribution in [2.45, 2.75) is 38.5 Å². The molecule has 8 nitrogen and oxygen atoms in total. The molecule has 0 saturated heterocycles. The molecule has 0 amide bonds. The maximum atomic E-state index is 12.0. The summed E-state index contributed by atoms with van der Waals surface area (Å²) in [4.78, 5) is 32.1.